The highest BCUT2D eigenvalue weighted by Crippen LogP contribution is 2.35. The summed E-state index contributed by atoms with van der Waals surface area (Å²) in [5, 5.41) is 0. The van der Waals surface area contributed by atoms with Crippen LogP contribution >= 0.6 is 0 Å². The van der Waals surface area contributed by atoms with Crippen molar-refractivity contribution in [3.63, 3.8) is 0 Å². The lowest BCUT2D eigenvalue weighted by atomic mass is 10.1. The van der Waals surface area contributed by atoms with Gasteiger partial charge in [0.05, 0.1) is 43.8 Å². The first-order valence-electron chi connectivity index (χ1n) is 10.8. The molecule has 0 spiro atoms. The highest BCUT2D eigenvalue weighted by molar-refractivity contribution is 5.77. The fourth-order valence-electron chi connectivity index (χ4n) is 4.22. The summed E-state index contributed by atoms with van der Waals surface area (Å²) in [5.41, 5.74) is 8.04. The molecule has 0 unspecified atom stereocenters. The van der Waals surface area contributed by atoms with E-state index in [1.165, 1.54) is 6.07 Å². The highest BCUT2D eigenvalue weighted by atomic mass is 19.1. The van der Waals surface area contributed by atoms with E-state index in [1.807, 2.05) is 16.8 Å². The number of benzene rings is 1. The number of nitrogens with two attached hydrogens (primary N) is 1. The number of methoxy groups -OCH3 is 1. The van der Waals surface area contributed by atoms with Crippen molar-refractivity contribution in [2.24, 2.45) is 0 Å². The summed E-state index contributed by atoms with van der Waals surface area (Å²) in [6, 6.07) is 2.66. The Kier molecular flexibility index (Phi) is 7.02. The molecule has 2 aliphatic heterocycles. The summed E-state index contributed by atoms with van der Waals surface area (Å²) in [6.07, 6.45) is 2.15. The Bertz CT molecular complexity index is 910. The predicted molar refractivity (Wildman–Crippen MR) is 120 cm³/mol. The molecule has 0 aliphatic carbocycles. The highest BCUT2D eigenvalue weighted by Gasteiger charge is 2.36. The molecule has 4 rings (SSSR count). The van der Waals surface area contributed by atoms with Gasteiger partial charge in [-0.2, -0.15) is 0 Å². The lowest BCUT2D eigenvalue weighted by Crippen LogP contribution is -2.40. The molecule has 0 saturated carbocycles. The lowest BCUT2D eigenvalue weighted by Gasteiger charge is -2.26. The minimum absolute atomic E-state index is 0.169. The van der Waals surface area contributed by atoms with Gasteiger partial charge in [0.2, 0.25) is 5.95 Å². The van der Waals surface area contributed by atoms with E-state index in [1.54, 1.807) is 30.5 Å². The van der Waals surface area contributed by atoms with Crippen LogP contribution in [-0.2, 0) is 9.47 Å². The lowest BCUT2D eigenvalue weighted by molar-refractivity contribution is 0.118. The largest absolute Gasteiger partial charge is 0.397 e. The van der Waals surface area contributed by atoms with Gasteiger partial charge in [0.15, 0.2) is 0 Å². The van der Waals surface area contributed by atoms with E-state index < -0.39 is 12.0 Å². The van der Waals surface area contributed by atoms with Gasteiger partial charge in [0.1, 0.15) is 12.0 Å². The van der Waals surface area contributed by atoms with Crippen LogP contribution in [0, 0.1) is 5.82 Å². The summed E-state index contributed by atoms with van der Waals surface area (Å²) < 4.78 is 40.2. The van der Waals surface area contributed by atoms with Gasteiger partial charge < -0.3 is 25.0 Å². The molecule has 2 aliphatic rings. The Morgan fingerprint density at radius 1 is 1.19 bits per heavy atom. The SMILES string of the molecule is COCCN(C)[C@@H]1CN(c2cc(F)c(-c3cnc(N4CCOCC4)nc3)cc2N)C[C@@H]1F. The monoisotopic (exact) mass is 448 g/mol. The smallest absolute Gasteiger partial charge is 0.225 e. The van der Waals surface area contributed by atoms with Gasteiger partial charge in [0.25, 0.3) is 0 Å². The first-order valence-corrected chi connectivity index (χ1v) is 10.8. The Morgan fingerprint density at radius 3 is 2.59 bits per heavy atom. The van der Waals surface area contributed by atoms with E-state index in [-0.39, 0.29) is 12.6 Å². The number of morpholine rings is 1. The number of likely N-dealkylation sites (N-methyl/N-ethyl adjacent to an activating group) is 1. The number of nitrogens with zero attached hydrogens (tertiary/aromatic N) is 5. The third-order valence-electron chi connectivity index (χ3n) is 6.13. The summed E-state index contributed by atoms with van der Waals surface area (Å²) in [6.45, 7) is 4.47. The molecular formula is C22H30F2N6O2. The molecule has 3 heterocycles. The maximum absolute atomic E-state index is 15.1. The van der Waals surface area contributed by atoms with Gasteiger partial charge >= 0.3 is 0 Å². The number of aromatic nitrogens is 2. The fraction of sp³-hybridized carbons (Fsp3) is 0.545. The maximum atomic E-state index is 15.1. The minimum Gasteiger partial charge on any atom is -0.397 e. The number of alkyl halides is 1. The summed E-state index contributed by atoms with van der Waals surface area (Å²) in [5.74, 6) is 0.153. The number of hydrogen-bond donors (Lipinski definition) is 1. The zero-order chi connectivity index (χ0) is 22.7. The van der Waals surface area contributed by atoms with E-state index in [0.29, 0.717) is 61.4 Å². The summed E-state index contributed by atoms with van der Waals surface area (Å²) in [7, 11) is 3.49. The van der Waals surface area contributed by atoms with E-state index >= 15 is 4.39 Å². The van der Waals surface area contributed by atoms with Crippen molar-refractivity contribution in [1.29, 1.82) is 0 Å². The number of nitrogen functional groups attached to an aromatic ring is 1. The fourth-order valence-corrected chi connectivity index (χ4v) is 4.22. The molecule has 0 amide bonds. The first kappa shape index (κ1) is 22.6. The number of rotatable bonds is 7. The van der Waals surface area contributed by atoms with E-state index in [2.05, 4.69) is 9.97 Å². The molecule has 0 radical (unpaired) electrons. The van der Waals surface area contributed by atoms with Crippen molar-refractivity contribution < 1.29 is 18.3 Å². The Balaban J connectivity index is 1.50. The number of halogens is 2. The maximum Gasteiger partial charge on any atom is 0.225 e. The first-order chi connectivity index (χ1) is 15.5. The molecular weight excluding hydrogens is 418 g/mol. The van der Waals surface area contributed by atoms with Crippen LogP contribution in [0.1, 0.15) is 0 Å². The van der Waals surface area contributed by atoms with Crippen molar-refractivity contribution in [3.05, 3.63) is 30.3 Å². The zero-order valence-corrected chi connectivity index (χ0v) is 18.5. The van der Waals surface area contributed by atoms with E-state index in [9.17, 15) is 4.39 Å². The van der Waals surface area contributed by atoms with Gasteiger partial charge in [0, 0.05) is 56.8 Å². The second-order valence-electron chi connectivity index (χ2n) is 8.22. The van der Waals surface area contributed by atoms with Gasteiger partial charge in [-0.15, -0.1) is 0 Å². The molecule has 2 saturated heterocycles. The van der Waals surface area contributed by atoms with Crippen molar-refractivity contribution in [2.45, 2.75) is 12.2 Å². The molecule has 1 aromatic carbocycles. The van der Waals surface area contributed by atoms with E-state index in [4.69, 9.17) is 15.2 Å². The third-order valence-corrected chi connectivity index (χ3v) is 6.13. The Hall–Kier alpha value is -2.56. The van der Waals surface area contributed by atoms with Crippen LogP contribution in [0.25, 0.3) is 11.1 Å². The molecule has 10 heteroatoms. The van der Waals surface area contributed by atoms with Crippen LogP contribution in [0.4, 0.5) is 26.1 Å². The Morgan fingerprint density at radius 2 is 1.91 bits per heavy atom. The van der Waals surface area contributed by atoms with Crippen molar-refractivity contribution in [1.82, 2.24) is 14.9 Å². The average Bonchev–Trinajstić information content (AvgIpc) is 3.21. The normalized spacial score (nSPS) is 21.5. The van der Waals surface area contributed by atoms with Crippen LogP contribution in [-0.4, -0.2) is 93.8 Å². The van der Waals surface area contributed by atoms with Gasteiger partial charge in [-0.05, 0) is 19.2 Å². The van der Waals surface area contributed by atoms with Gasteiger partial charge in [-0.25, -0.2) is 18.7 Å². The molecule has 2 aromatic rings. The standard InChI is InChI=1S/C22H30F2N6O2/c1-28(3-6-31-2)21-14-30(13-18(21)24)20-10-17(23)16(9-19(20)25)15-11-26-22(27-12-15)29-4-7-32-8-5-29/h9-12,18,21H,3-8,13-14,25H2,1-2H3/t18-,21+/m0/s1. The van der Waals surface area contributed by atoms with Crippen molar-refractivity contribution >= 4 is 17.3 Å². The molecule has 8 nitrogen and oxygen atoms in total. The van der Waals surface area contributed by atoms with Crippen LogP contribution in [0.3, 0.4) is 0 Å². The number of hydrogen-bond acceptors (Lipinski definition) is 8. The molecule has 32 heavy (non-hydrogen) atoms. The van der Waals surface area contributed by atoms with Gasteiger partial charge in [-0.3, -0.25) is 4.90 Å². The second kappa shape index (κ2) is 9.93. The summed E-state index contributed by atoms with van der Waals surface area (Å²) >= 11 is 0. The molecule has 2 atom stereocenters. The molecule has 0 bridgehead atoms. The molecule has 1 aromatic heterocycles. The second-order valence-corrected chi connectivity index (χ2v) is 8.22. The molecule has 2 fully saturated rings. The molecule has 174 valence electrons. The third kappa shape index (κ3) is 4.77. The number of anilines is 3. The van der Waals surface area contributed by atoms with Crippen molar-refractivity contribution in [2.75, 3.05) is 82.2 Å². The average molecular weight is 449 g/mol. The van der Waals surface area contributed by atoms with E-state index in [0.717, 1.165) is 13.1 Å². The van der Waals surface area contributed by atoms with Crippen LogP contribution in [0.5, 0.6) is 0 Å². The number of ether oxygens (including phenoxy) is 2. The van der Waals surface area contributed by atoms with Crippen molar-refractivity contribution in [3.8, 4) is 11.1 Å². The summed E-state index contributed by atoms with van der Waals surface area (Å²) in [4.78, 5) is 14.5. The predicted octanol–water partition coefficient (Wildman–Crippen LogP) is 1.81. The minimum atomic E-state index is -1.06. The Labute approximate surface area is 186 Å². The zero-order valence-electron chi connectivity index (χ0n) is 18.5. The quantitative estimate of drug-likeness (QED) is 0.643. The van der Waals surface area contributed by atoms with Gasteiger partial charge in [-0.1, -0.05) is 0 Å². The topological polar surface area (TPSA) is 80.0 Å². The van der Waals surface area contributed by atoms with Crippen LogP contribution < -0.4 is 15.5 Å². The molecule has 2 N–H and O–H groups in total. The van der Waals surface area contributed by atoms with Crippen LogP contribution in [0.15, 0.2) is 24.5 Å². The van der Waals surface area contributed by atoms with Crippen LogP contribution in [0.2, 0.25) is 0 Å².